The molecule has 2 nitrogen and oxygen atoms in total. The monoisotopic (exact) mass is 244 g/mol. The van der Waals surface area contributed by atoms with Crippen molar-refractivity contribution in [1.29, 1.82) is 0 Å². The Balaban J connectivity index is 2.74. The van der Waals surface area contributed by atoms with Gasteiger partial charge in [-0.2, -0.15) is 13.8 Å². The fraction of sp³-hybridized carbons (Fsp3) is 0. The molecule has 0 bridgehead atoms. The van der Waals surface area contributed by atoms with E-state index < -0.39 is 22.7 Å². The third kappa shape index (κ3) is 1.74. The van der Waals surface area contributed by atoms with Gasteiger partial charge in [0.25, 0.3) is 5.95 Å². The molecule has 0 amide bonds. The second kappa shape index (κ2) is 4.09. The summed E-state index contributed by atoms with van der Waals surface area (Å²) in [5.74, 6) is -4.07. The molecule has 2 heterocycles. The first-order valence-electron chi connectivity index (χ1n) is 4.21. The number of aromatic nitrogens is 2. The molecule has 2 aromatic heterocycles. The molecule has 0 saturated heterocycles. The topological polar surface area (TPSA) is 25.8 Å². The van der Waals surface area contributed by atoms with Crippen molar-refractivity contribution in [3.05, 3.63) is 47.3 Å². The summed E-state index contributed by atoms with van der Waals surface area (Å²) in [6.07, 6.45) is 2.70. The maximum Gasteiger partial charge on any atom is 0.252 e. The molecule has 0 saturated carbocycles. The molecule has 0 atom stereocenters. The molecule has 0 radical (unpaired) electrons. The van der Waals surface area contributed by atoms with Crippen LogP contribution in [0.15, 0.2) is 24.5 Å². The van der Waals surface area contributed by atoms with Gasteiger partial charge in [0.05, 0.1) is 0 Å². The zero-order valence-electron chi connectivity index (χ0n) is 7.72. The van der Waals surface area contributed by atoms with Gasteiger partial charge in [0.15, 0.2) is 5.82 Å². The van der Waals surface area contributed by atoms with Crippen LogP contribution in [0.5, 0.6) is 0 Å². The third-order valence-corrected chi connectivity index (χ3v) is 2.29. The number of nitrogens with zero attached hydrogens (tertiary/aromatic N) is 2. The first-order valence-corrected chi connectivity index (χ1v) is 4.59. The van der Waals surface area contributed by atoms with Crippen molar-refractivity contribution in [3.8, 4) is 11.1 Å². The van der Waals surface area contributed by atoms with E-state index in [9.17, 15) is 13.2 Å². The highest BCUT2D eigenvalue weighted by Crippen LogP contribution is 2.32. The van der Waals surface area contributed by atoms with Crippen LogP contribution in [0.4, 0.5) is 13.2 Å². The molecule has 2 rings (SSSR count). The van der Waals surface area contributed by atoms with Crippen LogP contribution in [0.3, 0.4) is 0 Å². The maximum absolute atomic E-state index is 13.4. The van der Waals surface area contributed by atoms with Gasteiger partial charge in [-0.15, -0.1) is 0 Å². The van der Waals surface area contributed by atoms with Crippen LogP contribution >= 0.6 is 11.6 Å². The van der Waals surface area contributed by atoms with Crippen LogP contribution in [-0.2, 0) is 0 Å². The molecule has 0 aliphatic heterocycles. The second-order valence-electron chi connectivity index (χ2n) is 2.94. The van der Waals surface area contributed by atoms with E-state index in [1.54, 1.807) is 0 Å². The molecule has 0 aliphatic carbocycles. The highest BCUT2D eigenvalue weighted by molar-refractivity contribution is 6.33. The number of halogens is 4. The van der Waals surface area contributed by atoms with Gasteiger partial charge in [0.1, 0.15) is 5.02 Å². The molecule has 0 aromatic carbocycles. The highest BCUT2D eigenvalue weighted by atomic mass is 35.5. The SMILES string of the molecule is Fc1nc(F)c(Cl)c(-c2cccnc2)c1F. The van der Waals surface area contributed by atoms with Gasteiger partial charge in [-0.25, -0.2) is 4.39 Å². The summed E-state index contributed by atoms with van der Waals surface area (Å²) in [4.78, 5) is 6.41. The predicted octanol–water partition coefficient (Wildman–Crippen LogP) is 3.21. The fourth-order valence-corrected chi connectivity index (χ4v) is 1.49. The van der Waals surface area contributed by atoms with Gasteiger partial charge >= 0.3 is 0 Å². The molecule has 82 valence electrons. The molecule has 0 N–H and O–H groups in total. The predicted molar refractivity (Wildman–Crippen MR) is 52.4 cm³/mol. The maximum atomic E-state index is 13.4. The van der Waals surface area contributed by atoms with E-state index in [0.29, 0.717) is 0 Å². The average Bonchev–Trinajstić information content (AvgIpc) is 2.28. The summed E-state index contributed by atoms with van der Waals surface area (Å²) in [6, 6.07) is 2.94. The van der Waals surface area contributed by atoms with Crippen LogP contribution in [0, 0.1) is 17.7 Å². The number of hydrogen-bond acceptors (Lipinski definition) is 2. The third-order valence-electron chi connectivity index (χ3n) is 1.95. The highest BCUT2D eigenvalue weighted by Gasteiger charge is 2.20. The molecule has 0 spiro atoms. The Morgan fingerprint density at radius 1 is 1.12 bits per heavy atom. The number of rotatable bonds is 1. The number of pyridine rings is 2. The molecule has 6 heteroatoms. The summed E-state index contributed by atoms with van der Waals surface area (Å²) < 4.78 is 39.3. The van der Waals surface area contributed by atoms with E-state index in [4.69, 9.17) is 11.6 Å². The van der Waals surface area contributed by atoms with Crippen LogP contribution in [-0.4, -0.2) is 9.97 Å². The van der Waals surface area contributed by atoms with E-state index in [1.165, 1.54) is 24.5 Å². The quantitative estimate of drug-likeness (QED) is 0.720. The van der Waals surface area contributed by atoms with E-state index in [0.717, 1.165) is 0 Å². The zero-order chi connectivity index (χ0) is 11.7. The lowest BCUT2D eigenvalue weighted by Crippen LogP contribution is -1.99. The average molecular weight is 245 g/mol. The molecular weight excluding hydrogens is 241 g/mol. The number of hydrogen-bond donors (Lipinski definition) is 0. The Bertz CT molecular complexity index is 505. The van der Waals surface area contributed by atoms with Crippen molar-refractivity contribution >= 4 is 11.6 Å². The summed E-state index contributed by atoms with van der Waals surface area (Å²) in [5, 5.41) is -0.563. The molecule has 0 aliphatic rings. The molecular formula is C10H4ClF3N2. The van der Waals surface area contributed by atoms with Crippen LogP contribution < -0.4 is 0 Å². The molecule has 0 unspecified atom stereocenters. The standard InChI is InChI=1S/C10H4ClF3N2/c11-7-6(5-2-1-3-15-4-5)8(12)10(14)16-9(7)13/h1-4H. The zero-order valence-corrected chi connectivity index (χ0v) is 8.47. The van der Waals surface area contributed by atoms with Crippen molar-refractivity contribution in [3.63, 3.8) is 0 Å². The second-order valence-corrected chi connectivity index (χ2v) is 3.32. The largest absolute Gasteiger partial charge is 0.264 e. The smallest absolute Gasteiger partial charge is 0.252 e. The lowest BCUT2D eigenvalue weighted by Gasteiger charge is -2.06. The minimum absolute atomic E-state index is 0.185. The minimum Gasteiger partial charge on any atom is -0.264 e. The molecule has 2 aromatic rings. The van der Waals surface area contributed by atoms with E-state index >= 15 is 0 Å². The van der Waals surface area contributed by atoms with Crippen molar-refractivity contribution in [2.24, 2.45) is 0 Å². The molecule has 0 fully saturated rings. The van der Waals surface area contributed by atoms with Crippen molar-refractivity contribution in [2.45, 2.75) is 0 Å². The summed E-state index contributed by atoms with van der Waals surface area (Å²) in [6.45, 7) is 0. The van der Waals surface area contributed by atoms with Gasteiger partial charge in [0, 0.05) is 23.5 Å². The van der Waals surface area contributed by atoms with E-state index in [-0.39, 0.29) is 11.1 Å². The van der Waals surface area contributed by atoms with Crippen LogP contribution in [0.2, 0.25) is 5.02 Å². The Labute approximate surface area is 93.7 Å². The van der Waals surface area contributed by atoms with E-state index in [1.807, 2.05) is 0 Å². The molecule has 16 heavy (non-hydrogen) atoms. The summed E-state index contributed by atoms with van der Waals surface area (Å²) >= 11 is 5.53. The normalized spacial score (nSPS) is 10.5. The van der Waals surface area contributed by atoms with Gasteiger partial charge in [-0.1, -0.05) is 17.7 Å². The lowest BCUT2D eigenvalue weighted by atomic mass is 10.1. The van der Waals surface area contributed by atoms with Crippen LogP contribution in [0.1, 0.15) is 0 Å². The Hall–Kier alpha value is -1.62. The Morgan fingerprint density at radius 2 is 1.88 bits per heavy atom. The van der Waals surface area contributed by atoms with Crippen molar-refractivity contribution in [1.82, 2.24) is 9.97 Å². The lowest BCUT2D eigenvalue weighted by molar-refractivity contribution is 0.450. The van der Waals surface area contributed by atoms with E-state index in [2.05, 4.69) is 9.97 Å². The van der Waals surface area contributed by atoms with Gasteiger partial charge in [-0.05, 0) is 6.07 Å². The first kappa shape index (κ1) is 10.9. The fourth-order valence-electron chi connectivity index (χ4n) is 1.25. The van der Waals surface area contributed by atoms with Gasteiger partial charge in [0.2, 0.25) is 5.95 Å². The summed E-state index contributed by atoms with van der Waals surface area (Å²) in [5.41, 5.74) is -0.190. The summed E-state index contributed by atoms with van der Waals surface area (Å²) in [7, 11) is 0. The Morgan fingerprint density at radius 3 is 2.50 bits per heavy atom. The van der Waals surface area contributed by atoms with Crippen LogP contribution in [0.25, 0.3) is 11.1 Å². The van der Waals surface area contributed by atoms with Gasteiger partial charge < -0.3 is 0 Å². The van der Waals surface area contributed by atoms with Crippen molar-refractivity contribution in [2.75, 3.05) is 0 Å². The first-order chi connectivity index (χ1) is 7.61. The minimum atomic E-state index is -1.53. The Kier molecular flexibility index (Phi) is 2.78. The van der Waals surface area contributed by atoms with Gasteiger partial charge in [-0.3, -0.25) is 4.98 Å². The van der Waals surface area contributed by atoms with Crippen molar-refractivity contribution < 1.29 is 13.2 Å².